The van der Waals surface area contributed by atoms with Gasteiger partial charge in [-0.15, -0.1) is 0 Å². The number of rotatable bonds is 15. The Labute approximate surface area is 131 Å². The third kappa shape index (κ3) is 14.6. The first-order valence-corrected chi connectivity index (χ1v) is 8.99. The van der Waals surface area contributed by atoms with Crippen LogP contribution in [0.1, 0.15) is 97.3 Å². The third-order valence-electron chi connectivity index (χ3n) is 4.20. The van der Waals surface area contributed by atoms with Crippen LogP contribution in [0.5, 0.6) is 0 Å². The van der Waals surface area contributed by atoms with Crippen LogP contribution in [0.25, 0.3) is 0 Å². The van der Waals surface area contributed by atoms with Crippen LogP contribution in [0.4, 0.5) is 0 Å². The summed E-state index contributed by atoms with van der Waals surface area (Å²) in [4.78, 5) is 0. The largest absolute Gasteiger partial charge is 0.396 e. The van der Waals surface area contributed by atoms with Gasteiger partial charge >= 0.3 is 0 Å². The molecule has 21 heavy (non-hydrogen) atoms. The summed E-state index contributed by atoms with van der Waals surface area (Å²) < 4.78 is 0. The van der Waals surface area contributed by atoms with Gasteiger partial charge in [0.25, 0.3) is 0 Å². The molecule has 128 valence electrons. The van der Waals surface area contributed by atoms with Crippen molar-refractivity contribution in [3.8, 4) is 0 Å². The molecule has 0 heterocycles. The molecule has 1 atom stereocenters. The van der Waals surface area contributed by atoms with E-state index in [1.807, 2.05) is 0 Å². The topological polar surface area (TPSA) is 60.7 Å². The van der Waals surface area contributed by atoms with Crippen molar-refractivity contribution >= 4 is 0 Å². The highest BCUT2D eigenvalue weighted by Gasteiger charge is 2.23. The summed E-state index contributed by atoms with van der Waals surface area (Å²) in [5, 5.41) is 28.0. The SMILES string of the molecule is CC(C)(O)C(O)CCCCCCCCCCCCCCO. The monoisotopic (exact) mass is 302 g/mol. The van der Waals surface area contributed by atoms with Crippen LogP contribution < -0.4 is 0 Å². The van der Waals surface area contributed by atoms with Gasteiger partial charge in [0.05, 0.1) is 11.7 Å². The van der Waals surface area contributed by atoms with Crippen molar-refractivity contribution < 1.29 is 15.3 Å². The molecule has 0 aromatic rings. The fourth-order valence-electron chi connectivity index (χ4n) is 2.57. The Morgan fingerprint density at radius 2 is 1.00 bits per heavy atom. The molecule has 0 radical (unpaired) electrons. The Kier molecular flexibility index (Phi) is 13.5. The fourth-order valence-corrected chi connectivity index (χ4v) is 2.57. The van der Waals surface area contributed by atoms with Crippen LogP contribution >= 0.6 is 0 Å². The molecule has 0 bridgehead atoms. The zero-order valence-electron chi connectivity index (χ0n) is 14.3. The lowest BCUT2D eigenvalue weighted by Crippen LogP contribution is -2.35. The molecule has 3 nitrogen and oxygen atoms in total. The van der Waals surface area contributed by atoms with E-state index in [0.717, 1.165) is 19.3 Å². The zero-order valence-corrected chi connectivity index (χ0v) is 14.3. The second-order valence-electron chi connectivity index (χ2n) is 6.92. The highest BCUT2D eigenvalue weighted by molar-refractivity contribution is 4.75. The van der Waals surface area contributed by atoms with Gasteiger partial charge in [0.2, 0.25) is 0 Å². The van der Waals surface area contributed by atoms with Gasteiger partial charge in [0.1, 0.15) is 0 Å². The first-order valence-electron chi connectivity index (χ1n) is 8.99. The quantitative estimate of drug-likeness (QED) is 0.398. The maximum absolute atomic E-state index is 9.70. The molecule has 0 aliphatic carbocycles. The Bertz CT molecular complexity index is 211. The minimum absolute atomic E-state index is 0.340. The predicted octanol–water partition coefficient (Wildman–Crippen LogP) is 4.18. The van der Waals surface area contributed by atoms with Gasteiger partial charge < -0.3 is 15.3 Å². The number of hydrogen-bond donors (Lipinski definition) is 3. The zero-order chi connectivity index (χ0) is 16.0. The van der Waals surface area contributed by atoms with Gasteiger partial charge in [-0.25, -0.2) is 0 Å². The van der Waals surface area contributed by atoms with E-state index in [1.165, 1.54) is 57.8 Å². The van der Waals surface area contributed by atoms with Gasteiger partial charge in [-0.2, -0.15) is 0 Å². The Morgan fingerprint density at radius 1 is 0.667 bits per heavy atom. The van der Waals surface area contributed by atoms with E-state index in [0.29, 0.717) is 13.0 Å². The third-order valence-corrected chi connectivity index (χ3v) is 4.20. The van der Waals surface area contributed by atoms with Crippen LogP contribution in [0.2, 0.25) is 0 Å². The molecule has 0 saturated carbocycles. The molecule has 0 aliphatic rings. The van der Waals surface area contributed by atoms with Crippen molar-refractivity contribution in [1.82, 2.24) is 0 Å². The summed E-state index contributed by atoms with van der Waals surface area (Å²) in [5.74, 6) is 0. The lowest BCUT2D eigenvalue weighted by molar-refractivity contribution is -0.0522. The predicted molar refractivity (Wildman–Crippen MR) is 89.4 cm³/mol. The van der Waals surface area contributed by atoms with Crippen molar-refractivity contribution in [2.24, 2.45) is 0 Å². The smallest absolute Gasteiger partial charge is 0.0849 e. The van der Waals surface area contributed by atoms with Crippen LogP contribution in [-0.2, 0) is 0 Å². The number of aliphatic hydroxyl groups is 3. The maximum Gasteiger partial charge on any atom is 0.0849 e. The van der Waals surface area contributed by atoms with Gasteiger partial charge in [-0.05, 0) is 26.7 Å². The molecule has 0 aromatic carbocycles. The Hall–Kier alpha value is -0.120. The van der Waals surface area contributed by atoms with E-state index in [9.17, 15) is 10.2 Å². The second-order valence-corrected chi connectivity index (χ2v) is 6.92. The second kappa shape index (κ2) is 13.5. The van der Waals surface area contributed by atoms with Crippen LogP contribution in [0.3, 0.4) is 0 Å². The molecule has 0 saturated heterocycles. The van der Waals surface area contributed by atoms with Gasteiger partial charge in [0, 0.05) is 6.61 Å². The van der Waals surface area contributed by atoms with Crippen LogP contribution in [-0.4, -0.2) is 33.6 Å². The summed E-state index contributed by atoms with van der Waals surface area (Å²) in [6.07, 6.45) is 14.9. The number of unbranched alkanes of at least 4 members (excludes halogenated alkanes) is 11. The van der Waals surface area contributed by atoms with Crippen molar-refractivity contribution in [1.29, 1.82) is 0 Å². The lowest BCUT2D eigenvalue weighted by atomic mass is 9.96. The minimum Gasteiger partial charge on any atom is -0.396 e. The summed E-state index contributed by atoms with van der Waals surface area (Å²) in [5.41, 5.74) is -0.961. The normalized spacial score (nSPS) is 13.6. The minimum atomic E-state index is -0.961. The average Bonchev–Trinajstić information content (AvgIpc) is 2.42. The highest BCUT2D eigenvalue weighted by Crippen LogP contribution is 2.17. The molecule has 3 heteroatoms. The first kappa shape index (κ1) is 20.9. The Morgan fingerprint density at radius 3 is 1.33 bits per heavy atom. The van der Waals surface area contributed by atoms with Gasteiger partial charge in [-0.3, -0.25) is 0 Å². The van der Waals surface area contributed by atoms with Crippen molar-refractivity contribution in [2.45, 2.75) is 109 Å². The average molecular weight is 302 g/mol. The molecule has 0 rings (SSSR count). The molecule has 3 N–H and O–H groups in total. The molecule has 0 spiro atoms. The maximum atomic E-state index is 9.70. The first-order chi connectivity index (χ1) is 9.98. The number of hydrogen-bond acceptors (Lipinski definition) is 3. The summed E-state index contributed by atoms with van der Waals surface area (Å²) in [6, 6.07) is 0. The molecule has 1 unspecified atom stereocenters. The number of aliphatic hydroxyl groups excluding tert-OH is 2. The summed E-state index contributed by atoms with van der Waals surface area (Å²) >= 11 is 0. The summed E-state index contributed by atoms with van der Waals surface area (Å²) in [6.45, 7) is 3.68. The van der Waals surface area contributed by atoms with Gasteiger partial charge in [-0.1, -0.05) is 70.6 Å². The fraction of sp³-hybridized carbons (Fsp3) is 1.00. The van der Waals surface area contributed by atoms with Crippen LogP contribution in [0.15, 0.2) is 0 Å². The van der Waals surface area contributed by atoms with Crippen molar-refractivity contribution in [2.75, 3.05) is 6.61 Å². The molecule has 0 amide bonds. The highest BCUT2D eigenvalue weighted by atomic mass is 16.3. The lowest BCUT2D eigenvalue weighted by Gasteiger charge is -2.24. The molecular weight excluding hydrogens is 264 g/mol. The van der Waals surface area contributed by atoms with Crippen LogP contribution in [0, 0.1) is 0 Å². The van der Waals surface area contributed by atoms with Gasteiger partial charge in [0.15, 0.2) is 0 Å². The molecule has 0 fully saturated rings. The van der Waals surface area contributed by atoms with E-state index in [1.54, 1.807) is 13.8 Å². The van der Waals surface area contributed by atoms with E-state index in [-0.39, 0.29) is 0 Å². The van der Waals surface area contributed by atoms with E-state index >= 15 is 0 Å². The standard InChI is InChI=1S/C18H38O3/c1-18(2,21)17(20)15-13-11-9-7-5-3-4-6-8-10-12-14-16-19/h17,19-21H,3-16H2,1-2H3. The van der Waals surface area contributed by atoms with E-state index in [4.69, 9.17) is 5.11 Å². The van der Waals surface area contributed by atoms with E-state index < -0.39 is 11.7 Å². The van der Waals surface area contributed by atoms with Crippen molar-refractivity contribution in [3.63, 3.8) is 0 Å². The van der Waals surface area contributed by atoms with Crippen molar-refractivity contribution in [3.05, 3.63) is 0 Å². The summed E-state index contributed by atoms with van der Waals surface area (Å²) in [7, 11) is 0. The van der Waals surface area contributed by atoms with E-state index in [2.05, 4.69) is 0 Å². The molecule has 0 aromatic heterocycles. The Balaban J connectivity index is 3.13. The molecule has 0 aliphatic heterocycles. The molecular formula is C18H38O3.